The molecule has 3 rings (SSSR count). The minimum Gasteiger partial charge on any atom is -0.490 e. The van der Waals surface area contributed by atoms with Crippen molar-refractivity contribution >= 4 is 0 Å². The zero-order valence-electron chi connectivity index (χ0n) is 8.36. The Labute approximate surface area is 84.1 Å². The Balaban J connectivity index is 1.92. The predicted molar refractivity (Wildman–Crippen MR) is 55.6 cm³/mol. The van der Waals surface area contributed by atoms with E-state index in [1.807, 2.05) is 0 Å². The van der Waals surface area contributed by atoms with E-state index in [0.717, 1.165) is 18.6 Å². The van der Waals surface area contributed by atoms with Gasteiger partial charge in [0.2, 0.25) is 0 Å². The molecule has 0 radical (unpaired) electrons. The normalized spacial score (nSPS) is 33.7. The number of nitrogens with two attached hydrogens (primary N) is 1. The van der Waals surface area contributed by atoms with Crippen molar-refractivity contribution in [3.8, 4) is 5.75 Å². The molecule has 2 nitrogen and oxygen atoms in total. The van der Waals surface area contributed by atoms with Gasteiger partial charge < -0.3 is 10.5 Å². The second kappa shape index (κ2) is 2.74. The SMILES string of the molecule is CC1Cc2cc(C3CC3N)ccc2O1. The first-order valence-corrected chi connectivity index (χ1v) is 5.29. The minimum absolute atomic E-state index is 0.341. The van der Waals surface area contributed by atoms with Crippen LogP contribution in [0.3, 0.4) is 0 Å². The van der Waals surface area contributed by atoms with Crippen LogP contribution in [-0.2, 0) is 6.42 Å². The Morgan fingerprint density at radius 1 is 1.43 bits per heavy atom. The van der Waals surface area contributed by atoms with E-state index < -0.39 is 0 Å². The molecule has 0 saturated heterocycles. The van der Waals surface area contributed by atoms with Gasteiger partial charge >= 0.3 is 0 Å². The van der Waals surface area contributed by atoms with Crippen molar-refractivity contribution in [1.82, 2.24) is 0 Å². The summed E-state index contributed by atoms with van der Waals surface area (Å²) < 4.78 is 5.66. The molecular weight excluding hydrogens is 174 g/mol. The standard InChI is InChI=1S/C12H15NO/c1-7-4-9-5-8(10-6-11(10)13)2-3-12(9)14-7/h2-3,5,7,10-11H,4,6,13H2,1H3. The zero-order valence-corrected chi connectivity index (χ0v) is 8.36. The van der Waals surface area contributed by atoms with E-state index in [-0.39, 0.29) is 0 Å². The van der Waals surface area contributed by atoms with Crippen molar-refractivity contribution in [2.24, 2.45) is 5.73 Å². The Kier molecular flexibility index (Phi) is 1.62. The molecule has 1 aromatic rings. The second-order valence-electron chi connectivity index (χ2n) is 4.51. The van der Waals surface area contributed by atoms with Crippen molar-refractivity contribution in [3.05, 3.63) is 29.3 Å². The van der Waals surface area contributed by atoms with Gasteiger partial charge in [0, 0.05) is 18.4 Å². The molecule has 2 heteroatoms. The Morgan fingerprint density at radius 3 is 2.93 bits per heavy atom. The molecule has 0 amide bonds. The van der Waals surface area contributed by atoms with Crippen LogP contribution >= 0.6 is 0 Å². The largest absolute Gasteiger partial charge is 0.490 e. The van der Waals surface area contributed by atoms with E-state index >= 15 is 0 Å². The van der Waals surface area contributed by atoms with Crippen molar-refractivity contribution in [1.29, 1.82) is 0 Å². The highest BCUT2D eigenvalue weighted by atomic mass is 16.5. The van der Waals surface area contributed by atoms with Crippen LogP contribution in [0.5, 0.6) is 5.75 Å². The highest BCUT2D eigenvalue weighted by Gasteiger charge is 2.35. The fraction of sp³-hybridized carbons (Fsp3) is 0.500. The summed E-state index contributed by atoms with van der Waals surface area (Å²) in [6.45, 7) is 2.11. The predicted octanol–water partition coefficient (Wildman–Crippen LogP) is 1.82. The van der Waals surface area contributed by atoms with Crippen molar-refractivity contribution < 1.29 is 4.74 Å². The van der Waals surface area contributed by atoms with Gasteiger partial charge in [-0.2, -0.15) is 0 Å². The van der Waals surface area contributed by atoms with E-state index in [4.69, 9.17) is 10.5 Å². The van der Waals surface area contributed by atoms with E-state index in [9.17, 15) is 0 Å². The van der Waals surface area contributed by atoms with Crippen LogP contribution in [0, 0.1) is 0 Å². The molecule has 0 aromatic heterocycles. The molecule has 1 heterocycles. The molecular formula is C12H15NO. The second-order valence-corrected chi connectivity index (χ2v) is 4.51. The van der Waals surface area contributed by atoms with Gasteiger partial charge in [-0.3, -0.25) is 0 Å². The highest BCUT2D eigenvalue weighted by molar-refractivity contribution is 5.43. The van der Waals surface area contributed by atoms with Crippen LogP contribution in [0.25, 0.3) is 0 Å². The Hall–Kier alpha value is -1.02. The van der Waals surface area contributed by atoms with E-state index in [0.29, 0.717) is 18.1 Å². The maximum atomic E-state index is 5.84. The van der Waals surface area contributed by atoms with Crippen LogP contribution in [0.1, 0.15) is 30.4 Å². The molecule has 2 N–H and O–H groups in total. The number of benzene rings is 1. The summed E-state index contributed by atoms with van der Waals surface area (Å²) >= 11 is 0. The topological polar surface area (TPSA) is 35.2 Å². The van der Waals surface area contributed by atoms with Crippen LogP contribution in [0.4, 0.5) is 0 Å². The maximum Gasteiger partial charge on any atom is 0.123 e. The summed E-state index contributed by atoms with van der Waals surface area (Å²) in [5.41, 5.74) is 8.59. The van der Waals surface area contributed by atoms with Gasteiger partial charge in [0.1, 0.15) is 11.9 Å². The van der Waals surface area contributed by atoms with Gasteiger partial charge in [-0.05, 0) is 30.5 Å². The van der Waals surface area contributed by atoms with Gasteiger partial charge in [-0.25, -0.2) is 0 Å². The van der Waals surface area contributed by atoms with Crippen molar-refractivity contribution in [2.45, 2.75) is 37.8 Å². The summed E-state index contributed by atoms with van der Waals surface area (Å²) in [5, 5.41) is 0. The number of hydrogen-bond acceptors (Lipinski definition) is 2. The molecule has 2 aliphatic rings. The van der Waals surface area contributed by atoms with Crippen LogP contribution in [0.15, 0.2) is 18.2 Å². The van der Waals surface area contributed by atoms with Crippen molar-refractivity contribution in [2.75, 3.05) is 0 Å². The molecule has 1 fully saturated rings. The van der Waals surface area contributed by atoms with E-state index in [1.54, 1.807) is 0 Å². The number of ether oxygens (including phenoxy) is 1. The highest BCUT2D eigenvalue weighted by Crippen LogP contribution is 2.41. The lowest BCUT2D eigenvalue weighted by molar-refractivity contribution is 0.254. The quantitative estimate of drug-likeness (QED) is 0.731. The monoisotopic (exact) mass is 189 g/mol. The lowest BCUT2D eigenvalue weighted by Gasteiger charge is -2.03. The average molecular weight is 189 g/mol. The van der Waals surface area contributed by atoms with Gasteiger partial charge in [-0.1, -0.05) is 12.1 Å². The number of rotatable bonds is 1. The third-order valence-corrected chi connectivity index (χ3v) is 3.19. The summed E-state index contributed by atoms with van der Waals surface area (Å²) in [5.74, 6) is 1.67. The molecule has 1 aliphatic heterocycles. The molecule has 1 aliphatic carbocycles. The smallest absolute Gasteiger partial charge is 0.123 e. The van der Waals surface area contributed by atoms with Gasteiger partial charge in [0.05, 0.1) is 0 Å². The first-order chi connectivity index (χ1) is 6.74. The zero-order chi connectivity index (χ0) is 9.71. The lowest BCUT2D eigenvalue weighted by Crippen LogP contribution is -2.05. The van der Waals surface area contributed by atoms with Gasteiger partial charge in [0.15, 0.2) is 0 Å². The molecule has 14 heavy (non-hydrogen) atoms. The Morgan fingerprint density at radius 2 is 2.21 bits per heavy atom. The first kappa shape index (κ1) is 8.30. The van der Waals surface area contributed by atoms with Gasteiger partial charge in [-0.15, -0.1) is 0 Å². The molecule has 0 spiro atoms. The summed E-state index contributed by atoms with van der Waals surface area (Å²) in [6, 6.07) is 6.93. The molecule has 74 valence electrons. The molecule has 0 bridgehead atoms. The summed E-state index contributed by atoms with van der Waals surface area (Å²) in [4.78, 5) is 0. The minimum atomic E-state index is 0.341. The first-order valence-electron chi connectivity index (χ1n) is 5.29. The summed E-state index contributed by atoms with van der Waals surface area (Å²) in [6.07, 6.45) is 2.54. The maximum absolute atomic E-state index is 5.84. The van der Waals surface area contributed by atoms with Crippen LogP contribution < -0.4 is 10.5 Å². The summed E-state index contributed by atoms with van der Waals surface area (Å²) in [7, 11) is 0. The average Bonchev–Trinajstić information content (AvgIpc) is 2.76. The molecule has 3 atom stereocenters. The number of fused-ring (bicyclic) bond motifs is 1. The molecule has 1 aromatic carbocycles. The molecule has 1 saturated carbocycles. The van der Waals surface area contributed by atoms with Crippen LogP contribution in [0.2, 0.25) is 0 Å². The lowest BCUT2D eigenvalue weighted by atomic mass is 10.0. The fourth-order valence-electron chi connectivity index (χ4n) is 2.27. The Bertz CT molecular complexity index is 375. The third-order valence-electron chi connectivity index (χ3n) is 3.19. The van der Waals surface area contributed by atoms with E-state index in [2.05, 4.69) is 25.1 Å². The molecule has 3 unspecified atom stereocenters. The fourth-order valence-corrected chi connectivity index (χ4v) is 2.27. The third kappa shape index (κ3) is 1.22. The number of hydrogen-bond donors (Lipinski definition) is 1. The van der Waals surface area contributed by atoms with Crippen LogP contribution in [-0.4, -0.2) is 12.1 Å². The van der Waals surface area contributed by atoms with Crippen molar-refractivity contribution in [3.63, 3.8) is 0 Å². The van der Waals surface area contributed by atoms with E-state index in [1.165, 1.54) is 11.1 Å². The van der Waals surface area contributed by atoms with Gasteiger partial charge in [0.25, 0.3) is 0 Å².